The van der Waals surface area contributed by atoms with Crippen LogP contribution in [0.25, 0.3) is 0 Å². The molecular weight excluding hydrogens is 248 g/mol. The molecule has 4 heteroatoms. The lowest BCUT2D eigenvalue weighted by Gasteiger charge is -2.15. The maximum Gasteiger partial charge on any atom is 0.128 e. The van der Waals surface area contributed by atoms with E-state index < -0.39 is 6.10 Å². The van der Waals surface area contributed by atoms with Crippen LogP contribution >= 0.6 is 11.3 Å². The molecule has 0 fully saturated rings. The molecule has 2 rings (SSSR count). The lowest BCUT2D eigenvalue weighted by molar-refractivity contribution is 0.214. The average molecular weight is 264 g/mol. The molecule has 0 aliphatic rings. The third-order valence-electron chi connectivity index (χ3n) is 2.93. The Labute approximate surface area is 111 Å². The summed E-state index contributed by atoms with van der Waals surface area (Å²) in [5.41, 5.74) is 1.67. The molecule has 0 bridgehead atoms. The summed E-state index contributed by atoms with van der Waals surface area (Å²) < 4.78 is 10.5. The van der Waals surface area contributed by atoms with Crippen LogP contribution in [-0.4, -0.2) is 19.3 Å². The van der Waals surface area contributed by atoms with Gasteiger partial charge >= 0.3 is 0 Å². The van der Waals surface area contributed by atoms with Gasteiger partial charge in [-0.15, -0.1) is 11.3 Å². The van der Waals surface area contributed by atoms with Crippen LogP contribution < -0.4 is 9.47 Å². The van der Waals surface area contributed by atoms with Gasteiger partial charge < -0.3 is 14.6 Å². The fourth-order valence-electron chi connectivity index (χ4n) is 1.89. The van der Waals surface area contributed by atoms with E-state index in [-0.39, 0.29) is 0 Å². The van der Waals surface area contributed by atoms with E-state index in [4.69, 9.17) is 9.47 Å². The predicted molar refractivity (Wildman–Crippen MR) is 72.7 cm³/mol. The number of thiophene rings is 1. The minimum Gasteiger partial charge on any atom is -0.497 e. The molecule has 1 aromatic carbocycles. The standard InChI is InChI=1S/C14H16O3S/c1-9-11(6-7-18-9)14(15)12-5-4-10(16-2)8-13(12)17-3/h4-8,14-15H,1-3H3. The van der Waals surface area contributed by atoms with Crippen molar-refractivity contribution in [2.45, 2.75) is 13.0 Å². The van der Waals surface area contributed by atoms with Gasteiger partial charge in [0.15, 0.2) is 0 Å². The first-order chi connectivity index (χ1) is 8.67. The Hall–Kier alpha value is -1.52. The van der Waals surface area contributed by atoms with Crippen molar-refractivity contribution in [3.05, 3.63) is 45.6 Å². The third kappa shape index (κ3) is 2.35. The summed E-state index contributed by atoms with van der Waals surface area (Å²) in [6.07, 6.45) is -0.669. The first-order valence-electron chi connectivity index (χ1n) is 5.61. The molecule has 3 nitrogen and oxygen atoms in total. The molecule has 1 heterocycles. The van der Waals surface area contributed by atoms with Crippen LogP contribution in [0, 0.1) is 6.92 Å². The number of rotatable bonds is 4. The van der Waals surface area contributed by atoms with Gasteiger partial charge in [-0.3, -0.25) is 0 Å². The molecule has 1 aromatic heterocycles. The Morgan fingerprint density at radius 2 is 1.89 bits per heavy atom. The number of hydrogen-bond donors (Lipinski definition) is 1. The highest BCUT2D eigenvalue weighted by Gasteiger charge is 2.18. The Kier molecular flexibility index (Phi) is 3.89. The molecule has 0 aliphatic heterocycles. The molecule has 1 N–H and O–H groups in total. The molecular formula is C14H16O3S. The fraction of sp³-hybridized carbons (Fsp3) is 0.286. The molecule has 18 heavy (non-hydrogen) atoms. The SMILES string of the molecule is COc1ccc(C(O)c2ccsc2C)c(OC)c1. The summed E-state index contributed by atoms with van der Waals surface area (Å²) in [7, 11) is 3.19. The summed E-state index contributed by atoms with van der Waals surface area (Å²) >= 11 is 1.62. The highest BCUT2D eigenvalue weighted by Crippen LogP contribution is 2.35. The van der Waals surface area contributed by atoms with Crippen molar-refractivity contribution in [1.29, 1.82) is 0 Å². The minimum absolute atomic E-state index is 0.632. The van der Waals surface area contributed by atoms with E-state index in [2.05, 4.69) is 0 Å². The number of ether oxygens (including phenoxy) is 2. The average Bonchev–Trinajstić information content (AvgIpc) is 2.83. The van der Waals surface area contributed by atoms with Crippen LogP contribution in [0.15, 0.2) is 29.6 Å². The van der Waals surface area contributed by atoms with Gasteiger partial charge in [0.1, 0.15) is 17.6 Å². The summed E-state index contributed by atoms with van der Waals surface area (Å²) in [5, 5.41) is 12.4. The van der Waals surface area contributed by atoms with E-state index in [1.807, 2.05) is 30.5 Å². The van der Waals surface area contributed by atoms with E-state index in [1.165, 1.54) is 0 Å². The van der Waals surface area contributed by atoms with Gasteiger partial charge in [-0.05, 0) is 36.1 Å². The monoisotopic (exact) mass is 264 g/mol. The maximum absolute atomic E-state index is 10.4. The van der Waals surface area contributed by atoms with Gasteiger partial charge in [0.2, 0.25) is 0 Å². The van der Waals surface area contributed by atoms with E-state index >= 15 is 0 Å². The van der Waals surface area contributed by atoms with Crippen molar-refractivity contribution in [3.63, 3.8) is 0 Å². The van der Waals surface area contributed by atoms with Crippen molar-refractivity contribution in [2.24, 2.45) is 0 Å². The Morgan fingerprint density at radius 1 is 1.11 bits per heavy atom. The van der Waals surface area contributed by atoms with Crippen LogP contribution in [0.5, 0.6) is 11.5 Å². The molecule has 0 amide bonds. The maximum atomic E-state index is 10.4. The smallest absolute Gasteiger partial charge is 0.128 e. The van der Waals surface area contributed by atoms with Crippen LogP contribution in [0.2, 0.25) is 0 Å². The van der Waals surface area contributed by atoms with Gasteiger partial charge in [0, 0.05) is 16.5 Å². The second-order valence-electron chi connectivity index (χ2n) is 3.94. The van der Waals surface area contributed by atoms with Crippen molar-refractivity contribution >= 4 is 11.3 Å². The van der Waals surface area contributed by atoms with E-state index in [0.29, 0.717) is 11.5 Å². The zero-order valence-corrected chi connectivity index (χ0v) is 11.5. The Balaban J connectivity index is 2.41. The number of benzene rings is 1. The quantitative estimate of drug-likeness (QED) is 0.922. The molecule has 1 atom stereocenters. The summed E-state index contributed by atoms with van der Waals surface area (Å²) in [4.78, 5) is 1.11. The second-order valence-corrected chi connectivity index (χ2v) is 5.06. The number of aryl methyl sites for hydroxylation is 1. The topological polar surface area (TPSA) is 38.7 Å². The first kappa shape index (κ1) is 12.9. The summed E-state index contributed by atoms with van der Waals surface area (Å²) in [6.45, 7) is 2.00. The normalized spacial score (nSPS) is 12.2. The minimum atomic E-state index is -0.669. The molecule has 0 spiro atoms. The lowest BCUT2D eigenvalue weighted by Crippen LogP contribution is -2.02. The molecule has 1 unspecified atom stereocenters. The number of aliphatic hydroxyl groups excluding tert-OH is 1. The van der Waals surface area contributed by atoms with Crippen LogP contribution in [0.1, 0.15) is 22.1 Å². The summed E-state index contributed by atoms with van der Waals surface area (Å²) in [6, 6.07) is 7.37. The van der Waals surface area contributed by atoms with E-state index in [9.17, 15) is 5.11 Å². The molecule has 0 radical (unpaired) electrons. The molecule has 0 saturated heterocycles. The zero-order valence-electron chi connectivity index (χ0n) is 10.6. The highest BCUT2D eigenvalue weighted by molar-refractivity contribution is 7.10. The van der Waals surface area contributed by atoms with Crippen molar-refractivity contribution in [2.75, 3.05) is 14.2 Å². The summed E-state index contributed by atoms with van der Waals surface area (Å²) in [5.74, 6) is 1.34. The Bertz CT molecular complexity index is 534. The number of aliphatic hydroxyl groups is 1. The molecule has 96 valence electrons. The van der Waals surface area contributed by atoms with Gasteiger partial charge in [-0.2, -0.15) is 0 Å². The van der Waals surface area contributed by atoms with Crippen LogP contribution in [0.3, 0.4) is 0 Å². The lowest BCUT2D eigenvalue weighted by atomic mass is 10.0. The first-order valence-corrected chi connectivity index (χ1v) is 6.49. The molecule has 2 aromatic rings. The number of hydrogen-bond acceptors (Lipinski definition) is 4. The van der Waals surface area contributed by atoms with E-state index in [0.717, 1.165) is 16.0 Å². The highest BCUT2D eigenvalue weighted by atomic mass is 32.1. The van der Waals surface area contributed by atoms with Crippen LogP contribution in [-0.2, 0) is 0 Å². The zero-order chi connectivity index (χ0) is 13.1. The third-order valence-corrected chi connectivity index (χ3v) is 3.79. The van der Waals surface area contributed by atoms with Gasteiger partial charge in [-0.1, -0.05) is 0 Å². The van der Waals surface area contributed by atoms with Crippen molar-refractivity contribution in [3.8, 4) is 11.5 Å². The van der Waals surface area contributed by atoms with Gasteiger partial charge in [0.05, 0.1) is 14.2 Å². The second kappa shape index (κ2) is 5.42. The number of methoxy groups -OCH3 is 2. The van der Waals surface area contributed by atoms with Crippen LogP contribution in [0.4, 0.5) is 0 Å². The predicted octanol–water partition coefficient (Wildman–Crippen LogP) is 3.16. The van der Waals surface area contributed by atoms with Gasteiger partial charge in [-0.25, -0.2) is 0 Å². The Morgan fingerprint density at radius 3 is 2.44 bits per heavy atom. The molecule has 0 aliphatic carbocycles. The van der Waals surface area contributed by atoms with Crippen molar-refractivity contribution in [1.82, 2.24) is 0 Å². The largest absolute Gasteiger partial charge is 0.497 e. The van der Waals surface area contributed by atoms with Gasteiger partial charge in [0.25, 0.3) is 0 Å². The fourth-order valence-corrected chi connectivity index (χ4v) is 2.62. The molecule has 0 saturated carbocycles. The van der Waals surface area contributed by atoms with E-state index in [1.54, 1.807) is 31.6 Å². The van der Waals surface area contributed by atoms with Crippen molar-refractivity contribution < 1.29 is 14.6 Å².